The van der Waals surface area contributed by atoms with E-state index in [1.807, 2.05) is 52.9 Å². The molecule has 0 spiro atoms. The minimum atomic E-state index is -0.781. The number of carbonyl (C=O) groups is 1. The molecule has 0 aliphatic rings. The molecule has 1 rings (SSSR count). The third-order valence-corrected chi connectivity index (χ3v) is 3.17. The second-order valence-corrected chi connectivity index (χ2v) is 5.08. The summed E-state index contributed by atoms with van der Waals surface area (Å²) in [6, 6.07) is 7.53. The summed E-state index contributed by atoms with van der Waals surface area (Å²) in [5.41, 5.74) is 1.00. The molecule has 0 heterocycles. The minimum Gasteiger partial charge on any atom is -0.493 e. The smallest absolute Gasteiger partial charge is 0.316 e. The second kappa shape index (κ2) is 7.32. The molecular formula is C13H15IO3. The van der Waals surface area contributed by atoms with Crippen LogP contribution in [0.4, 0.5) is 0 Å². The fourth-order valence-electron chi connectivity index (χ4n) is 1.28. The van der Waals surface area contributed by atoms with Crippen LogP contribution < -0.4 is 4.74 Å². The summed E-state index contributed by atoms with van der Waals surface area (Å²) in [6.07, 6.45) is 3.15. The number of aliphatic carboxylic acids is 1. The molecule has 0 saturated carbocycles. The number of carboxylic acid groups (broad SMARTS) is 1. The van der Waals surface area contributed by atoms with Crippen molar-refractivity contribution in [3.63, 3.8) is 0 Å². The van der Waals surface area contributed by atoms with Gasteiger partial charge in [-0.05, 0) is 30.5 Å². The summed E-state index contributed by atoms with van der Waals surface area (Å²) in [7, 11) is 0. The predicted molar refractivity (Wildman–Crippen MR) is 75.9 cm³/mol. The van der Waals surface area contributed by atoms with Gasteiger partial charge in [-0.2, -0.15) is 0 Å². The van der Waals surface area contributed by atoms with E-state index in [2.05, 4.69) is 6.58 Å². The van der Waals surface area contributed by atoms with Crippen molar-refractivity contribution in [1.82, 2.24) is 0 Å². The SMILES string of the molecule is C=CCCOc1ccc(C[C@H](I)C(=O)O)cc1. The summed E-state index contributed by atoms with van der Waals surface area (Å²) < 4.78 is 5.08. The Morgan fingerprint density at radius 1 is 1.47 bits per heavy atom. The Kier molecular flexibility index (Phi) is 6.04. The van der Waals surface area contributed by atoms with Gasteiger partial charge in [0.05, 0.1) is 6.61 Å². The highest BCUT2D eigenvalue weighted by Gasteiger charge is 2.13. The molecule has 17 heavy (non-hydrogen) atoms. The van der Waals surface area contributed by atoms with Gasteiger partial charge in [0.2, 0.25) is 0 Å². The lowest BCUT2D eigenvalue weighted by molar-refractivity contribution is -0.135. The van der Waals surface area contributed by atoms with Crippen LogP contribution in [0.25, 0.3) is 0 Å². The van der Waals surface area contributed by atoms with Gasteiger partial charge in [-0.3, -0.25) is 4.79 Å². The zero-order valence-corrected chi connectivity index (χ0v) is 11.6. The summed E-state index contributed by atoms with van der Waals surface area (Å²) in [6.45, 7) is 4.24. The third kappa shape index (κ3) is 5.21. The third-order valence-electron chi connectivity index (χ3n) is 2.20. The van der Waals surface area contributed by atoms with E-state index in [0.717, 1.165) is 17.7 Å². The van der Waals surface area contributed by atoms with E-state index in [-0.39, 0.29) is 3.92 Å². The summed E-state index contributed by atoms with van der Waals surface area (Å²) in [4.78, 5) is 10.7. The first kappa shape index (κ1) is 14.0. The van der Waals surface area contributed by atoms with E-state index in [9.17, 15) is 4.79 Å². The summed E-state index contributed by atoms with van der Waals surface area (Å²) >= 11 is 1.93. The highest BCUT2D eigenvalue weighted by molar-refractivity contribution is 14.1. The molecule has 0 bridgehead atoms. The van der Waals surface area contributed by atoms with Crippen molar-refractivity contribution in [3.8, 4) is 5.75 Å². The quantitative estimate of drug-likeness (QED) is 0.357. The van der Waals surface area contributed by atoms with Crippen LogP contribution in [0, 0.1) is 0 Å². The number of halogens is 1. The van der Waals surface area contributed by atoms with E-state index in [1.54, 1.807) is 0 Å². The largest absolute Gasteiger partial charge is 0.493 e. The average Bonchev–Trinajstić information content (AvgIpc) is 2.31. The fourth-order valence-corrected chi connectivity index (χ4v) is 1.78. The monoisotopic (exact) mass is 346 g/mol. The van der Waals surface area contributed by atoms with Crippen LogP contribution in [-0.4, -0.2) is 21.6 Å². The highest BCUT2D eigenvalue weighted by Crippen LogP contribution is 2.16. The molecule has 0 amide bonds. The topological polar surface area (TPSA) is 46.5 Å². The van der Waals surface area contributed by atoms with Crippen molar-refractivity contribution in [2.24, 2.45) is 0 Å². The molecule has 0 aromatic heterocycles. The van der Waals surface area contributed by atoms with E-state index in [4.69, 9.17) is 9.84 Å². The van der Waals surface area contributed by atoms with Gasteiger partial charge in [-0.1, -0.05) is 40.8 Å². The first-order chi connectivity index (χ1) is 8.13. The van der Waals surface area contributed by atoms with Crippen LogP contribution in [0.1, 0.15) is 12.0 Å². The average molecular weight is 346 g/mol. The first-order valence-corrected chi connectivity index (χ1v) is 6.57. The van der Waals surface area contributed by atoms with Crippen LogP contribution in [-0.2, 0) is 11.2 Å². The van der Waals surface area contributed by atoms with E-state index in [1.165, 1.54) is 0 Å². The number of hydrogen-bond donors (Lipinski definition) is 1. The molecule has 0 aliphatic carbocycles. The van der Waals surface area contributed by atoms with E-state index in [0.29, 0.717) is 13.0 Å². The number of alkyl halides is 1. The number of benzene rings is 1. The van der Waals surface area contributed by atoms with Gasteiger partial charge in [0, 0.05) is 0 Å². The fraction of sp³-hybridized carbons (Fsp3) is 0.308. The van der Waals surface area contributed by atoms with E-state index < -0.39 is 5.97 Å². The Hall–Kier alpha value is -1.04. The molecule has 0 fully saturated rings. The van der Waals surface area contributed by atoms with Crippen LogP contribution in [0.3, 0.4) is 0 Å². The Labute approximate surface area is 115 Å². The van der Waals surface area contributed by atoms with Crippen molar-refractivity contribution < 1.29 is 14.6 Å². The minimum absolute atomic E-state index is 0.389. The van der Waals surface area contributed by atoms with Crippen molar-refractivity contribution in [3.05, 3.63) is 42.5 Å². The van der Waals surface area contributed by atoms with Crippen LogP contribution >= 0.6 is 22.6 Å². The van der Waals surface area contributed by atoms with Crippen molar-refractivity contribution >= 4 is 28.6 Å². The van der Waals surface area contributed by atoms with Gasteiger partial charge in [-0.25, -0.2) is 0 Å². The molecule has 0 aliphatic heterocycles. The Morgan fingerprint density at radius 3 is 2.65 bits per heavy atom. The first-order valence-electron chi connectivity index (χ1n) is 5.33. The Balaban J connectivity index is 2.49. The summed E-state index contributed by atoms with van der Waals surface area (Å²) in [5, 5.41) is 8.80. The highest BCUT2D eigenvalue weighted by atomic mass is 127. The summed E-state index contributed by atoms with van der Waals surface area (Å²) in [5.74, 6) is 0.0212. The molecule has 0 saturated heterocycles. The maximum absolute atomic E-state index is 10.7. The molecular weight excluding hydrogens is 331 g/mol. The predicted octanol–water partition coefficient (Wildman–Crippen LogP) is 3.07. The Bertz CT molecular complexity index is 373. The van der Waals surface area contributed by atoms with Gasteiger partial charge in [0.15, 0.2) is 0 Å². The molecule has 0 radical (unpaired) electrons. The molecule has 92 valence electrons. The maximum Gasteiger partial charge on any atom is 0.316 e. The van der Waals surface area contributed by atoms with Gasteiger partial charge in [0.25, 0.3) is 0 Å². The normalized spacial score (nSPS) is 11.8. The van der Waals surface area contributed by atoms with Gasteiger partial charge < -0.3 is 9.84 Å². The van der Waals surface area contributed by atoms with Crippen molar-refractivity contribution in [1.29, 1.82) is 0 Å². The van der Waals surface area contributed by atoms with Gasteiger partial charge in [0.1, 0.15) is 9.67 Å². The molecule has 1 aromatic carbocycles. The van der Waals surface area contributed by atoms with E-state index >= 15 is 0 Å². The zero-order valence-electron chi connectivity index (χ0n) is 9.43. The number of hydrogen-bond acceptors (Lipinski definition) is 2. The number of rotatable bonds is 7. The molecule has 3 nitrogen and oxygen atoms in total. The van der Waals surface area contributed by atoms with Gasteiger partial charge in [-0.15, -0.1) is 6.58 Å². The van der Waals surface area contributed by atoms with Crippen LogP contribution in [0.15, 0.2) is 36.9 Å². The molecule has 1 N–H and O–H groups in total. The van der Waals surface area contributed by atoms with Gasteiger partial charge >= 0.3 is 5.97 Å². The molecule has 0 unspecified atom stereocenters. The standard InChI is InChI=1S/C13H15IO3/c1-2-3-8-17-11-6-4-10(5-7-11)9-12(14)13(15)16/h2,4-7,12H,1,3,8-9H2,(H,15,16)/t12-/m0/s1. The molecule has 4 heteroatoms. The maximum atomic E-state index is 10.7. The molecule has 1 aromatic rings. The van der Waals surface area contributed by atoms with Crippen molar-refractivity contribution in [2.45, 2.75) is 16.8 Å². The van der Waals surface area contributed by atoms with Crippen LogP contribution in [0.2, 0.25) is 0 Å². The Morgan fingerprint density at radius 2 is 2.12 bits per heavy atom. The lowest BCUT2D eigenvalue weighted by Gasteiger charge is -2.07. The lowest BCUT2D eigenvalue weighted by Crippen LogP contribution is -2.15. The lowest BCUT2D eigenvalue weighted by atomic mass is 10.1. The number of ether oxygens (including phenoxy) is 1. The van der Waals surface area contributed by atoms with Crippen LogP contribution in [0.5, 0.6) is 5.75 Å². The van der Waals surface area contributed by atoms with Crippen molar-refractivity contribution in [2.75, 3.05) is 6.61 Å². The molecule has 1 atom stereocenters. The number of carboxylic acids is 1. The zero-order chi connectivity index (χ0) is 12.7. The second-order valence-electron chi connectivity index (χ2n) is 3.58.